The maximum absolute atomic E-state index is 11.5. The lowest BCUT2D eigenvalue weighted by molar-refractivity contribution is 0.114. The van der Waals surface area contributed by atoms with Gasteiger partial charge in [0.25, 0.3) is 0 Å². The van der Waals surface area contributed by atoms with Crippen molar-refractivity contribution in [2.75, 3.05) is 24.8 Å². The summed E-state index contributed by atoms with van der Waals surface area (Å²) in [6.07, 6.45) is 2.00. The quantitative estimate of drug-likeness (QED) is 0.720. The molecular formula is C9H18ClNO3S. The van der Waals surface area contributed by atoms with E-state index in [-0.39, 0.29) is 17.8 Å². The summed E-state index contributed by atoms with van der Waals surface area (Å²) in [6, 6.07) is 0. The van der Waals surface area contributed by atoms with Crippen molar-refractivity contribution in [2.24, 2.45) is 5.92 Å². The van der Waals surface area contributed by atoms with Gasteiger partial charge in [-0.05, 0) is 18.8 Å². The molecule has 0 aromatic rings. The summed E-state index contributed by atoms with van der Waals surface area (Å²) in [5.74, 6) is 0.429. The molecule has 0 radical (unpaired) electrons. The maximum Gasteiger partial charge on any atom is 0.211 e. The van der Waals surface area contributed by atoms with E-state index in [1.807, 2.05) is 6.92 Å². The highest BCUT2D eigenvalue weighted by atomic mass is 35.5. The zero-order chi connectivity index (χ0) is 11.3. The van der Waals surface area contributed by atoms with Gasteiger partial charge in [-0.1, -0.05) is 6.92 Å². The molecule has 0 aromatic heterocycles. The van der Waals surface area contributed by atoms with Crippen molar-refractivity contribution in [3.63, 3.8) is 0 Å². The Balaban J connectivity index is 2.29. The Bertz CT molecular complexity index is 275. The summed E-state index contributed by atoms with van der Waals surface area (Å²) >= 11 is 5.57. The summed E-state index contributed by atoms with van der Waals surface area (Å²) in [5.41, 5.74) is 0. The first-order valence-electron chi connectivity index (χ1n) is 5.18. The number of alkyl halides is 1. The van der Waals surface area contributed by atoms with Crippen LogP contribution in [0.3, 0.4) is 0 Å². The molecule has 1 saturated heterocycles. The lowest BCUT2D eigenvalue weighted by Gasteiger charge is -2.13. The third kappa shape index (κ3) is 5.15. The van der Waals surface area contributed by atoms with Gasteiger partial charge in [-0.2, -0.15) is 0 Å². The molecule has 0 saturated carbocycles. The Kier molecular flexibility index (Phi) is 5.32. The molecule has 1 aliphatic rings. The fourth-order valence-corrected chi connectivity index (χ4v) is 3.17. The van der Waals surface area contributed by atoms with Crippen molar-refractivity contribution in [2.45, 2.75) is 25.9 Å². The van der Waals surface area contributed by atoms with Gasteiger partial charge in [-0.15, -0.1) is 11.6 Å². The van der Waals surface area contributed by atoms with Crippen molar-refractivity contribution >= 4 is 21.6 Å². The van der Waals surface area contributed by atoms with E-state index in [2.05, 4.69) is 4.72 Å². The monoisotopic (exact) mass is 255 g/mol. The Morgan fingerprint density at radius 3 is 2.87 bits per heavy atom. The van der Waals surface area contributed by atoms with Gasteiger partial charge in [0.05, 0.1) is 11.9 Å². The predicted molar refractivity (Wildman–Crippen MR) is 60.6 cm³/mol. The molecule has 0 amide bonds. The van der Waals surface area contributed by atoms with E-state index >= 15 is 0 Å². The van der Waals surface area contributed by atoms with Gasteiger partial charge in [0.15, 0.2) is 0 Å². The van der Waals surface area contributed by atoms with Crippen LogP contribution in [0.5, 0.6) is 0 Å². The van der Waals surface area contributed by atoms with Crippen LogP contribution < -0.4 is 4.72 Å². The van der Waals surface area contributed by atoms with Gasteiger partial charge in [-0.25, -0.2) is 13.1 Å². The first kappa shape index (κ1) is 13.2. The molecule has 1 heterocycles. The third-order valence-corrected chi connectivity index (χ3v) is 4.46. The fourth-order valence-electron chi connectivity index (χ4n) is 1.50. The van der Waals surface area contributed by atoms with E-state index in [0.717, 1.165) is 19.4 Å². The van der Waals surface area contributed by atoms with Crippen LogP contribution in [0.2, 0.25) is 0 Å². The molecule has 90 valence electrons. The van der Waals surface area contributed by atoms with Crippen LogP contribution in [0.1, 0.15) is 19.8 Å². The van der Waals surface area contributed by atoms with Crippen molar-refractivity contribution in [3.8, 4) is 0 Å². The summed E-state index contributed by atoms with van der Waals surface area (Å²) in [5, 5.41) is 0. The highest BCUT2D eigenvalue weighted by Gasteiger charge is 2.20. The Labute approximate surface area is 96.4 Å². The Morgan fingerprint density at radius 2 is 2.33 bits per heavy atom. The smallest absolute Gasteiger partial charge is 0.211 e. The number of hydrogen-bond acceptors (Lipinski definition) is 3. The molecule has 15 heavy (non-hydrogen) atoms. The Morgan fingerprint density at radius 1 is 1.60 bits per heavy atom. The largest absolute Gasteiger partial charge is 0.377 e. The van der Waals surface area contributed by atoms with E-state index in [9.17, 15) is 8.42 Å². The minimum atomic E-state index is -3.19. The normalized spacial score (nSPS) is 24.3. The molecule has 1 aliphatic heterocycles. The van der Waals surface area contributed by atoms with Crippen LogP contribution >= 0.6 is 11.6 Å². The van der Waals surface area contributed by atoms with E-state index in [0.29, 0.717) is 12.4 Å². The topological polar surface area (TPSA) is 55.4 Å². The first-order chi connectivity index (χ1) is 7.03. The molecule has 4 nitrogen and oxygen atoms in total. The highest BCUT2D eigenvalue weighted by Crippen LogP contribution is 2.11. The number of halogens is 1. The van der Waals surface area contributed by atoms with Gasteiger partial charge in [0.1, 0.15) is 0 Å². The van der Waals surface area contributed by atoms with Crippen molar-refractivity contribution in [3.05, 3.63) is 0 Å². The maximum atomic E-state index is 11.5. The van der Waals surface area contributed by atoms with Crippen LogP contribution in [0.4, 0.5) is 0 Å². The number of ether oxygens (including phenoxy) is 1. The molecule has 0 aliphatic carbocycles. The molecule has 1 N–H and O–H groups in total. The average molecular weight is 256 g/mol. The fraction of sp³-hybridized carbons (Fsp3) is 1.00. The van der Waals surface area contributed by atoms with Crippen LogP contribution in [0, 0.1) is 5.92 Å². The molecule has 6 heteroatoms. The number of sulfonamides is 1. The van der Waals surface area contributed by atoms with Gasteiger partial charge in [-0.3, -0.25) is 0 Å². The molecule has 0 aromatic carbocycles. The average Bonchev–Trinajstić information content (AvgIpc) is 2.66. The minimum absolute atomic E-state index is 0.0198. The Hall–Kier alpha value is 0.160. The highest BCUT2D eigenvalue weighted by molar-refractivity contribution is 7.89. The molecule has 1 rings (SSSR count). The molecular weight excluding hydrogens is 238 g/mol. The molecule has 0 spiro atoms. The van der Waals surface area contributed by atoms with Crippen molar-refractivity contribution < 1.29 is 13.2 Å². The standard InChI is InChI=1S/C9H18ClNO3S/c1-8(5-10)7-15(12,13)11-6-9-3-2-4-14-9/h8-9,11H,2-7H2,1H3. The molecule has 2 atom stereocenters. The van der Waals surface area contributed by atoms with Crippen LogP contribution in [-0.4, -0.2) is 39.3 Å². The van der Waals surface area contributed by atoms with E-state index < -0.39 is 10.0 Å². The zero-order valence-electron chi connectivity index (χ0n) is 8.91. The second-order valence-corrected chi connectivity index (χ2v) is 6.18. The number of nitrogens with one attached hydrogen (secondary N) is 1. The zero-order valence-corrected chi connectivity index (χ0v) is 10.5. The SMILES string of the molecule is CC(CCl)CS(=O)(=O)NCC1CCCO1. The predicted octanol–water partition coefficient (Wildman–Crippen LogP) is 0.960. The van der Waals surface area contributed by atoms with E-state index in [1.54, 1.807) is 0 Å². The summed E-state index contributed by atoms with van der Waals surface area (Å²) in [7, 11) is -3.19. The third-order valence-electron chi connectivity index (χ3n) is 2.32. The summed E-state index contributed by atoms with van der Waals surface area (Å²) in [4.78, 5) is 0. The van der Waals surface area contributed by atoms with E-state index in [1.165, 1.54) is 0 Å². The summed E-state index contributed by atoms with van der Waals surface area (Å²) < 4.78 is 30.9. The molecule has 0 bridgehead atoms. The second-order valence-electron chi connectivity index (χ2n) is 4.02. The molecule has 2 unspecified atom stereocenters. The van der Waals surface area contributed by atoms with E-state index in [4.69, 9.17) is 16.3 Å². The summed E-state index contributed by atoms with van der Waals surface area (Å²) in [6.45, 7) is 2.94. The van der Waals surface area contributed by atoms with Crippen LogP contribution in [0.25, 0.3) is 0 Å². The van der Waals surface area contributed by atoms with Gasteiger partial charge < -0.3 is 4.74 Å². The second kappa shape index (κ2) is 6.03. The van der Waals surface area contributed by atoms with Gasteiger partial charge in [0, 0.05) is 19.0 Å². The minimum Gasteiger partial charge on any atom is -0.377 e. The number of rotatable bonds is 6. The first-order valence-corrected chi connectivity index (χ1v) is 7.37. The van der Waals surface area contributed by atoms with Gasteiger partial charge >= 0.3 is 0 Å². The van der Waals surface area contributed by atoms with Crippen molar-refractivity contribution in [1.29, 1.82) is 0 Å². The van der Waals surface area contributed by atoms with Crippen LogP contribution in [-0.2, 0) is 14.8 Å². The molecule has 1 fully saturated rings. The van der Waals surface area contributed by atoms with Crippen molar-refractivity contribution in [1.82, 2.24) is 4.72 Å². The lowest BCUT2D eigenvalue weighted by Crippen LogP contribution is -2.35. The lowest BCUT2D eigenvalue weighted by atomic mass is 10.2. The van der Waals surface area contributed by atoms with Gasteiger partial charge in [0.2, 0.25) is 10.0 Å². The van der Waals surface area contributed by atoms with Crippen LogP contribution in [0.15, 0.2) is 0 Å². The number of hydrogen-bond donors (Lipinski definition) is 1.